The van der Waals surface area contributed by atoms with Gasteiger partial charge in [0.1, 0.15) is 5.75 Å². The van der Waals surface area contributed by atoms with Crippen molar-refractivity contribution in [1.82, 2.24) is 15.2 Å². The van der Waals surface area contributed by atoms with Crippen LogP contribution < -0.4 is 5.32 Å². The molecule has 1 saturated heterocycles. The molecule has 0 amide bonds. The van der Waals surface area contributed by atoms with Crippen LogP contribution in [0.1, 0.15) is 17.8 Å². The molecule has 0 aromatic carbocycles. The fourth-order valence-electron chi connectivity index (χ4n) is 2.14. The summed E-state index contributed by atoms with van der Waals surface area (Å²) in [5, 5.41) is 13.0. The molecule has 1 aliphatic heterocycles. The number of nitrogens with one attached hydrogen (secondary N) is 1. The van der Waals surface area contributed by atoms with Crippen LogP contribution in [0.15, 0.2) is 12.1 Å². The lowest BCUT2D eigenvalue weighted by Gasteiger charge is -2.16. The van der Waals surface area contributed by atoms with Crippen LogP contribution >= 0.6 is 0 Å². The Labute approximate surface area is 96.3 Å². The highest BCUT2D eigenvalue weighted by atomic mass is 16.3. The van der Waals surface area contributed by atoms with Gasteiger partial charge in [0, 0.05) is 31.4 Å². The minimum atomic E-state index is 0.304. The summed E-state index contributed by atoms with van der Waals surface area (Å²) in [6, 6.07) is 4.13. The van der Waals surface area contributed by atoms with Crippen molar-refractivity contribution in [2.24, 2.45) is 0 Å². The minimum absolute atomic E-state index is 0.304. The number of rotatable bonds is 3. The number of aryl methyl sites for hydroxylation is 1. The summed E-state index contributed by atoms with van der Waals surface area (Å²) < 4.78 is 0. The summed E-state index contributed by atoms with van der Waals surface area (Å²) in [5.41, 5.74) is 1.74. The first kappa shape index (κ1) is 11.4. The second-order valence-corrected chi connectivity index (χ2v) is 4.43. The van der Waals surface area contributed by atoms with Gasteiger partial charge in [-0.15, -0.1) is 0 Å². The molecule has 1 aliphatic rings. The minimum Gasteiger partial charge on any atom is -0.506 e. The zero-order valence-corrected chi connectivity index (χ0v) is 9.90. The Morgan fingerprint density at radius 2 is 2.38 bits per heavy atom. The molecule has 1 unspecified atom stereocenters. The monoisotopic (exact) mass is 221 g/mol. The summed E-state index contributed by atoms with van der Waals surface area (Å²) in [5.74, 6) is 0.304. The van der Waals surface area contributed by atoms with Gasteiger partial charge in [0.15, 0.2) is 0 Å². The molecule has 1 fully saturated rings. The lowest BCUT2D eigenvalue weighted by molar-refractivity contribution is 0.311. The van der Waals surface area contributed by atoms with E-state index in [9.17, 15) is 5.11 Å². The summed E-state index contributed by atoms with van der Waals surface area (Å²) in [7, 11) is 2.00. The van der Waals surface area contributed by atoms with Gasteiger partial charge in [0.05, 0.1) is 5.69 Å². The van der Waals surface area contributed by atoms with E-state index in [-0.39, 0.29) is 0 Å². The highest BCUT2D eigenvalue weighted by molar-refractivity contribution is 5.27. The van der Waals surface area contributed by atoms with Gasteiger partial charge in [-0.1, -0.05) is 0 Å². The van der Waals surface area contributed by atoms with Gasteiger partial charge in [0.2, 0.25) is 0 Å². The van der Waals surface area contributed by atoms with Crippen LogP contribution in [0.2, 0.25) is 0 Å². The van der Waals surface area contributed by atoms with E-state index >= 15 is 0 Å². The van der Waals surface area contributed by atoms with E-state index in [4.69, 9.17) is 0 Å². The quantitative estimate of drug-likeness (QED) is 0.796. The average molecular weight is 221 g/mol. The molecule has 4 nitrogen and oxygen atoms in total. The molecule has 2 heterocycles. The highest BCUT2D eigenvalue weighted by Crippen LogP contribution is 2.19. The third kappa shape index (κ3) is 2.51. The molecular weight excluding hydrogens is 202 g/mol. The van der Waals surface area contributed by atoms with E-state index in [2.05, 4.69) is 15.2 Å². The van der Waals surface area contributed by atoms with Crippen molar-refractivity contribution in [2.75, 3.05) is 20.1 Å². The van der Waals surface area contributed by atoms with Crippen LogP contribution in [0.25, 0.3) is 0 Å². The third-order valence-electron chi connectivity index (χ3n) is 3.14. The van der Waals surface area contributed by atoms with E-state index in [0.29, 0.717) is 11.8 Å². The predicted octanol–water partition coefficient (Wildman–Crippen LogP) is 0.889. The van der Waals surface area contributed by atoms with Gasteiger partial charge in [-0.2, -0.15) is 0 Å². The van der Waals surface area contributed by atoms with Crippen LogP contribution in [-0.2, 0) is 6.54 Å². The van der Waals surface area contributed by atoms with Crippen LogP contribution in [-0.4, -0.2) is 41.2 Å². The molecule has 1 atom stereocenters. The topological polar surface area (TPSA) is 48.4 Å². The van der Waals surface area contributed by atoms with E-state index in [1.807, 2.05) is 20.0 Å². The number of hydrogen-bond acceptors (Lipinski definition) is 4. The van der Waals surface area contributed by atoms with Crippen molar-refractivity contribution in [1.29, 1.82) is 0 Å². The molecule has 2 N–H and O–H groups in total. The maximum absolute atomic E-state index is 9.71. The van der Waals surface area contributed by atoms with E-state index in [1.165, 1.54) is 6.42 Å². The number of likely N-dealkylation sites (tertiary alicyclic amines) is 1. The molecule has 2 rings (SSSR count). The van der Waals surface area contributed by atoms with Crippen molar-refractivity contribution in [3.8, 4) is 5.75 Å². The summed E-state index contributed by atoms with van der Waals surface area (Å²) in [6.07, 6.45) is 1.17. The smallest absolute Gasteiger partial charge is 0.138 e. The Morgan fingerprint density at radius 1 is 1.56 bits per heavy atom. The standard InChI is InChI=1S/C12H19N3O/c1-9-3-4-12(16)11(14-9)8-15-6-5-10(7-15)13-2/h3-4,10,13,16H,5-8H2,1-2H3. The summed E-state index contributed by atoms with van der Waals surface area (Å²) in [4.78, 5) is 6.70. The lowest BCUT2D eigenvalue weighted by atomic mass is 10.2. The first-order valence-corrected chi connectivity index (χ1v) is 5.74. The fraction of sp³-hybridized carbons (Fsp3) is 0.583. The SMILES string of the molecule is CNC1CCN(Cc2nc(C)ccc2O)C1. The molecule has 0 bridgehead atoms. The zero-order valence-electron chi connectivity index (χ0n) is 9.90. The van der Waals surface area contributed by atoms with Crippen molar-refractivity contribution in [2.45, 2.75) is 25.9 Å². The van der Waals surface area contributed by atoms with Crippen molar-refractivity contribution in [3.05, 3.63) is 23.5 Å². The van der Waals surface area contributed by atoms with Crippen LogP contribution in [0, 0.1) is 6.92 Å². The molecular formula is C12H19N3O. The Kier molecular flexibility index (Phi) is 3.41. The maximum atomic E-state index is 9.71. The summed E-state index contributed by atoms with van der Waals surface area (Å²) in [6.45, 7) is 4.79. The van der Waals surface area contributed by atoms with E-state index in [1.54, 1.807) is 6.07 Å². The summed E-state index contributed by atoms with van der Waals surface area (Å²) >= 11 is 0. The van der Waals surface area contributed by atoms with Gasteiger partial charge < -0.3 is 10.4 Å². The first-order chi connectivity index (χ1) is 7.69. The molecule has 0 aliphatic carbocycles. The Balaban J connectivity index is 2.01. The largest absolute Gasteiger partial charge is 0.506 e. The van der Waals surface area contributed by atoms with Crippen molar-refractivity contribution >= 4 is 0 Å². The number of pyridine rings is 1. The maximum Gasteiger partial charge on any atom is 0.138 e. The Bertz CT molecular complexity index is 367. The average Bonchev–Trinajstić information content (AvgIpc) is 2.71. The second-order valence-electron chi connectivity index (χ2n) is 4.43. The first-order valence-electron chi connectivity index (χ1n) is 5.74. The van der Waals surface area contributed by atoms with Gasteiger partial charge in [-0.05, 0) is 32.5 Å². The number of hydrogen-bond donors (Lipinski definition) is 2. The molecule has 16 heavy (non-hydrogen) atoms. The number of aromatic hydroxyl groups is 1. The van der Waals surface area contributed by atoms with Gasteiger partial charge in [-0.3, -0.25) is 9.88 Å². The van der Waals surface area contributed by atoms with E-state index in [0.717, 1.165) is 31.0 Å². The van der Waals surface area contributed by atoms with Crippen molar-refractivity contribution in [3.63, 3.8) is 0 Å². The van der Waals surface area contributed by atoms with Gasteiger partial charge in [0.25, 0.3) is 0 Å². The zero-order chi connectivity index (χ0) is 11.5. The fourth-order valence-corrected chi connectivity index (χ4v) is 2.14. The van der Waals surface area contributed by atoms with Crippen LogP contribution in [0.3, 0.4) is 0 Å². The van der Waals surface area contributed by atoms with E-state index < -0.39 is 0 Å². The number of aromatic nitrogens is 1. The Hall–Kier alpha value is -1.13. The van der Waals surface area contributed by atoms with Gasteiger partial charge in [-0.25, -0.2) is 0 Å². The van der Waals surface area contributed by atoms with Crippen molar-refractivity contribution < 1.29 is 5.11 Å². The number of nitrogens with zero attached hydrogens (tertiary/aromatic N) is 2. The molecule has 0 spiro atoms. The second kappa shape index (κ2) is 4.80. The van der Waals surface area contributed by atoms with Crippen LogP contribution in [0.4, 0.5) is 0 Å². The number of likely N-dealkylation sites (N-methyl/N-ethyl adjacent to an activating group) is 1. The Morgan fingerprint density at radius 3 is 3.06 bits per heavy atom. The predicted molar refractivity (Wildman–Crippen MR) is 63.4 cm³/mol. The highest BCUT2D eigenvalue weighted by Gasteiger charge is 2.21. The lowest BCUT2D eigenvalue weighted by Crippen LogP contribution is -2.29. The molecule has 4 heteroatoms. The third-order valence-corrected chi connectivity index (χ3v) is 3.14. The molecule has 1 aromatic heterocycles. The van der Waals surface area contributed by atoms with Gasteiger partial charge >= 0.3 is 0 Å². The molecule has 1 aromatic rings. The van der Waals surface area contributed by atoms with Crippen LogP contribution in [0.5, 0.6) is 5.75 Å². The molecule has 0 saturated carbocycles. The molecule has 88 valence electrons. The molecule has 0 radical (unpaired) electrons. The normalized spacial score (nSPS) is 21.5.